The minimum absolute atomic E-state index is 0.0404. The molecule has 1 aliphatic heterocycles. The van der Waals surface area contributed by atoms with Gasteiger partial charge in [-0.05, 0) is 49.4 Å². The summed E-state index contributed by atoms with van der Waals surface area (Å²) in [6.45, 7) is 4.57. The Bertz CT molecular complexity index is 871. The predicted molar refractivity (Wildman–Crippen MR) is 107 cm³/mol. The van der Waals surface area contributed by atoms with Crippen LogP contribution < -0.4 is 4.74 Å². The molecule has 1 saturated carbocycles. The van der Waals surface area contributed by atoms with Gasteiger partial charge in [0.25, 0.3) is 0 Å². The first-order valence-corrected chi connectivity index (χ1v) is 9.90. The lowest BCUT2D eigenvalue weighted by atomic mass is 9.80. The molecule has 28 heavy (non-hydrogen) atoms. The molecule has 0 spiro atoms. The number of aryl methyl sites for hydroxylation is 2. The number of hydrogen-bond donors (Lipinski definition) is 0. The van der Waals surface area contributed by atoms with E-state index in [9.17, 15) is 4.79 Å². The van der Waals surface area contributed by atoms with E-state index in [0.29, 0.717) is 18.1 Å². The number of ketones is 1. The van der Waals surface area contributed by atoms with E-state index in [-0.39, 0.29) is 23.9 Å². The van der Waals surface area contributed by atoms with E-state index in [4.69, 9.17) is 14.2 Å². The van der Waals surface area contributed by atoms with E-state index < -0.39 is 0 Å². The maximum Gasteiger partial charge on any atom is 0.207 e. The van der Waals surface area contributed by atoms with Crippen LogP contribution in [0.5, 0.6) is 5.75 Å². The van der Waals surface area contributed by atoms with Crippen LogP contribution >= 0.6 is 0 Å². The Hall–Kier alpha value is -2.59. The molecule has 2 aromatic carbocycles. The minimum Gasteiger partial charge on any atom is -0.493 e. The summed E-state index contributed by atoms with van der Waals surface area (Å²) < 4.78 is 17.9. The van der Waals surface area contributed by atoms with Gasteiger partial charge in [-0.25, -0.2) is 0 Å². The van der Waals surface area contributed by atoms with E-state index in [1.807, 2.05) is 50.2 Å². The summed E-state index contributed by atoms with van der Waals surface area (Å²) in [4.78, 5) is 12.9. The Labute approximate surface area is 166 Å². The van der Waals surface area contributed by atoms with Crippen LogP contribution in [0.25, 0.3) is 0 Å². The monoisotopic (exact) mass is 378 g/mol. The molecule has 1 heterocycles. The Morgan fingerprint density at radius 2 is 1.89 bits per heavy atom. The third kappa shape index (κ3) is 4.12. The van der Waals surface area contributed by atoms with E-state index in [0.717, 1.165) is 36.0 Å². The molecule has 146 valence electrons. The zero-order valence-corrected chi connectivity index (χ0v) is 16.4. The van der Waals surface area contributed by atoms with Crippen molar-refractivity contribution in [2.24, 2.45) is 5.92 Å². The van der Waals surface area contributed by atoms with Gasteiger partial charge < -0.3 is 14.2 Å². The van der Waals surface area contributed by atoms with Gasteiger partial charge in [0.2, 0.25) is 11.5 Å². The molecular formula is C24H26O4. The van der Waals surface area contributed by atoms with Gasteiger partial charge in [0.15, 0.2) is 0 Å². The van der Waals surface area contributed by atoms with Gasteiger partial charge in [-0.3, -0.25) is 4.79 Å². The van der Waals surface area contributed by atoms with Crippen LogP contribution in [0.1, 0.15) is 36.0 Å². The number of carbonyl (C=O) groups excluding carboxylic acids is 1. The van der Waals surface area contributed by atoms with Crippen LogP contribution in [0.2, 0.25) is 0 Å². The zero-order chi connectivity index (χ0) is 19.5. The standard InChI is InChI=1S/C24H26O4/c1-16-8-9-17(2)21(12-16)28-23-15-27-22-13-19(10-11-20(22)24(23)25)26-14-18-6-4-3-5-7-18/h3-9,12,15,19-20,22H,10-11,13-14H2,1-2H3. The van der Waals surface area contributed by atoms with Gasteiger partial charge >= 0.3 is 0 Å². The third-order valence-corrected chi connectivity index (χ3v) is 5.57. The Kier molecular flexibility index (Phi) is 5.49. The maximum atomic E-state index is 12.9. The van der Waals surface area contributed by atoms with Crippen LogP contribution in [0.15, 0.2) is 60.6 Å². The molecule has 0 amide bonds. The molecule has 2 aromatic rings. The van der Waals surface area contributed by atoms with Crippen molar-refractivity contribution in [2.45, 2.75) is 51.9 Å². The highest BCUT2D eigenvalue weighted by molar-refractivity contribution is 5.96. The highest BCUT2D eigenvalue weighted by atomic mass is 16.5. The lowest BCUT2D eigenvalue weighted by Crippen LogP contribution is -2.42. The van der Waals surface area contributed by atoms with Crippen molar-refractivity contribution in [1.82, 2.24) is 0 Å². The van der Waals surface area contributed by atoms with Crippen molar-refractivity contribution >= 4 is 5.78 Å². The van der Waals surface area contributed by atoms with Crippen molar-refractivity contribution in [3.63, 3.8) is 0 Å². The molecule has 0 saturated heterocycles. The number of ether oxygens (including phenoxy) is 3. The molecule has 0 aromatic heterocycles. The number of fused-ring (bicyclic) bond motifs is 1. The topological polar surface area (TPSA) is 44.8 Å². The van der Waals surface area contributed by atoms with Gasteiger partial charge in [-0.1, -0.05) is 42.5 Å². The lowest BCUT2D eigenvalue weighted by Gasteiger charge is -2.37. The molecule has 1 fully saturated rings. The summed E-state index contributed by atoms with van der Waals surface area (Å²) >= 11 is 0. The first-order valence-electron chi connectivity index (χ1n) is 9.90. The molecule has 3 atom stereocenters. The first kappa shape index (κ1) is 18.8. The lowest BCUT2D eigenvalue weighted by molar-refractivity contribution is -0.134. The van der Waals surface area contributed by atoms with Crippen LogP contribution in [0, 0.1) is 19.8 Å². The second-order valence-electron chi connectivity index (χ2n) is 7.73. The second-order valence-corrected chi connectivity index (χ2v) is 7.73. The Balaban J connectivity index is 1.38. The molecule has 0 radical (unpaired) electrons. The summed E-state index contributed by atoms with van der Waals surface area (Å²) in [7, 11) is 0. The van der Waals surface area contributed by atoms with E-state index in [1.165, 1.54) is 6.26 Å². The fourth-order valence-corrected chi connectivity index (χ4v) is 3.88. The van der Waals surface area contributed by atoms with Crippen molar-refractivity contribution in [3.05, 3.63) is 77.2 Å². The van der Waals surface area contributed by atoms with Crippen LogP contribution in [0.4, 0.5) is 0 Å². The summed E-state index contributed by atoms with van der Waals surface area (Å²) in [6, 6.07) is 16.1. The molecule has 1 aliphatic carbocycles. The highest BCUT2D eigenvalue weighted by Gasteiger charge is 2.41. The third-order valence-electron chi connectivity index (χ3n) is 5.57. The maximum absolute atomic E-state index is 12.9. The summed E-state index contributed by atoms with van der Waals surface area (Å²) in [5.74, 6) is 0.903. The van der Waals surface area contributed by atoms with Gasteiger partial charge in [0, 0.05) is 6.42 Å². The smallest absolute Gasteiger partial charge is 0.207 e. The summed E-state index contributed by atoms with van der Waals surface area (Å²) in [5, 5.41) is 0. The van der Waals surface area contributed by atoms with Gasteiger partial charge in [0.1, 0.15) is 18.1 Å². The molecule has 4 nitrogen and oxygen atoms in total. The highest BCUT2D eigenvalue weighted by Crippen LogP contribution is 2.35. The van der Waals surface area contributed by atoms with Crippen LogP contribution in [0.3, 0.4) is 0 Å². The SMILES string of the molecule is Cc1ccc(C)c(OC2=COC3CC(OCc4ccccc4)CCC3C2=O)c1. The molecule has 2 aliphatic rings. The average Bonchev–Trinajstić information content (AvgIpc) is 2.72. The first-order chi connectivity index (χ1) is 13.6. The molecule has 4 rings (SSSR count). The van der Waals surface area contributed by atoms with Crippen molar-refractivity contribution in [2.75, 3.05) is 0 Å². The van der Waals surface area contributed by atoms with Crippen molar-refractivity contribution in [3.8, 4) is 5.75 Å². The number of benzene rings is 2. The van der Waals surface area contributed by atoms with E-state index >= 15 is 0 Å². The van der Waals surface area contributed by atoms with Crippen molar-refractivity contribution in [1.29, 1.82) is 0 Å². The molecule has 0 bridgehead atoms. The quantitative estimate of drug-likeness (QED) is 0.744. The Morgan fingerprint density at radius 1 is 1.07 bits per heavy atom. The number of Topliss-reactive ketones (excluding diaryl/α,β-unsaturated/α-hetero) is 1. The zero-order valence-electron chi connectivity index (χ0n) is 16.4. The number of rotatable bonds is 5. The predicted octanol–water partition coefficient (Wildman–Crippen LogP) is 4.88. The van der Waals surface area contributed by atoms with Crippen molar-refractivity contribution < 1.29 is 19.0 Å². The van der Waals surface area contributed by atoms with Crippen LogP contribution in [-0.2, 0) is 20.9 Å². The number of carbonyl (C=O) groups is 1. The van der Waals surface area contributed by atoms with Gasteiger partial charge in [-0.2, -0.15) is 0 Å². The molecule has 3 unspecified atom stereocenters. The van der Waals surface area contributed by atoms with E-state index in [2.05, 4.69) is 12.1 Å². The fraction of sp³-hybridized carbons (Fsp3) is 0.375. The largest absolute Gasteiger partial charge is 0.493 e. The summed E-state index contributed by atoms with van der Waals surface area (Å²) in [6.07, 6.45) is 3.83. The molecular weight excluding hydrogens is 352 g/mol. The summed E-state index contributed by atoms with van der Waals surface area (Å²) in [5.41, 5.74) is 3.26. The minimum atomic E-state index is -0.151. The van der Waals surface area contributed by atoms with E-state index in [1.54, 1.807) is 0 Å². The van der Waals surface area contributed by atoms with Gasteiger partial charge in [-0.15, -0.1) is 0 Å². The molecule has 0 N–H and O–H groups in total. The molecule has 4 heteroatoms. The normalized spacial score (nSPS) is 24.1. The second kappa shape index (κ2) is 8.19. The fourth-order valence-electron chi connectivity index (χ4n) is 3.88. The Morgan fingerprint density at radius 3 is 2.71 bits per heavy atom. The number of allylic oxidation sites excluding steroid dienone is 1. The van der Waals surface area contributed by atoms with Crippen LogP contribution in [-0.4, -0.2) is 18.0 Å². The van der Waals surface area contributed by atoms with Gasteiger partial charge in [0.05, 0.1) is 18.6 Å². The average molecular weight is 378 g/mol. The number of hydrogen-bond acceptors (Lipinski definition) is 4.